The van der Waals surface area contributed by atoms with Crippen molar-refractivity contribution in [2.45, 2.75) is 4.90 Å². The first-order chi connectivity index (χ1) is 12.4. The highest BCUT2D eigenvalue weighted by Crippen LogP contribution is 2.27. The van der Waals surface area contributed by atoms with Crippen LogP contribution in [0, 0.1) is 10.1 Å². The number of rotatable bonds is 7. The summed E-state index contributed by atoms with van der Waals surface area (Å²) in [5.41, 5.74) is 0.166. The molecule has 0 aliphatic heterocycles. The lowest BCUT2D eigenvalue weighted by Crippen LogP contribution is -2.21. The summed E-state index contributed by atoms with van der Waals surface area (Å²) in [5, 5.41) is 13.6. The van der Waals surface area contributed by atoms with E-state index in [2.05, 4.69) is 5.32 Å². The Morgan fingerprint density at radius 3 is 2.46 bits per heavy atom. The summed E-state index contributed by atoms with van der Waals surface area (Å²) in [6.45, 7) is -0.511. The maximum absolute atomic E-state index is 12.0. The fraction of sp³-hybridized carbons (Fsp3) is 0.176. The highest BCUT2D eigenvalue weighted by Gasteiger charge is 2.19. The number of ether oxygens (including phenoxy) is 2. The molecular weight excluding hydrogens is 360 g/mol. The van der Waals surface area contributed by atoms with E-state index in [1.165, 1.54) is 19.2 Å². The van der Waals surface area contributed by atoms with Crippen molar-refractivity contribution in [1.82, 2.24) is 0 Å². The van der Waals surface area contributed by atoms with Gasteiger partial charge in [-0.05, 0) is 42.7 Å². The van der Waals surface area contributed by atoms with E-state index in [0.717, 1.165) is 11.0 Å². The number of amides is 1. The zero-order chi connectivity index (χ0) is 19.1. The molecule has 26 heavy (non-hydrogen) atoms. The molecule has 1 amide bonds. The fourth-order valence-corrected chi connectivity index (χ4v) is 2.45. The number of nitrogens with one attached hydrogen (secondary N) is 1. The molecule has 0 saturated heterocycles. The van der Waals surface area contributed by atoms with E-state index in [-0.39, 0.29) is 17.0 Å². The molecule has 0 aliphatic rings. The van der Waals surface area contributed by atoms with Gasteiger partial charge in [-0.15, -0.1) is 11.8 Å². The minimum absolute atomic E-state index is 0.0259. The van der Waals surface area contributed by atoms with Crippen LogP contribution in [-0.4, -0.2) is 36.8 Å². The molecule has 136 valence electrons. The number of benzene rings is 2. The summed E-state index contributed by atoms with van der Waals surface area (Å²) in [7, 11) is 1.29. The number of nitrogens with zero attached hydrogens (tertiary/aromatic N) is 1. The summed E-state index contributed by atoms with van der Waals surface area (Å²) < 4.78 is 9.76. The molecule has 0 bridgehead atoms. The zero-order valence-electron chi connectivity index (χ0n) is 14.1. The molecule has 8 nitrogen and oxygen atoms in total. The summed E-state index contributed by atoms with van der Waals surface area (Å²) in [6.07, 6.45) is 1.94. The van der Waals surface area contributed by atoms with Crippen LogP contribution in [0.25, 0.3) is 0 Å². The second-order valence-electron chi connectivity index (χ2n) is 5.00. The van der Waals surface area contributed by atoms with Crippen molar-refractivity contribution in [2.24, 2.45) is 0 Å². The van der Waals surface area contributed by atoms with E-state index in [1.807, 2.05) is 18.4 Å². The SMILES string of the molecule is COc1ccc(C(=O)OCC(=O)Nc2ccc(SC)cc2)cc1[N+](=O)[O-]. The monoisotopic (exact) mass is 376 g/mol. The van der Waals surface area contributed by atoms with Gasteiger partial charge in [0, 0.05) is 16.6 Å². The zero-order valence-corrected chi connectivity index (χ0v) is 14.9. The summed E-state index contributed by atoms with van der Waals surface area (Å²) >= 11 is 1.57. The second kappa shape index (κ2) is 8.86. The van der Waals surface area contributed by atoms with Crippen molar-refractivity contribution in [3.8, 4) is 5.75 Å². The summed E-state index contributed by atoms with van der Waals surface area (Å²) in [6, 6.07) is 10.8. The predicted octanol–water partition coefficient (Wildman–Crippen LogP) is 3.12. The summed E-state index contributed by atoms with van der Waals surface area (Å²) in [4.78, 5) is 35.2. The van der Waals surface area contributed by atoms with E-state index >= 15 is 0 Å². The van der Waals surface area contributed by atoms with Crippen molar-refractivity contribution in [1.29, 1.82) is 0 Å². The molecule has 2 aromatic carbocycles. The number of anilines is 1. The summed E-state index contributed by atoms with van der Waals surface area (Å²) in [5.74, 6) is -1.33. The Balaban J connectivity index is 1.96. The second-order valence-corrected chi connectivity index (χ2v) is 5.88. The van der Waals surface area contributed by atoms with Crippen LogP contribution in [0.1, 0.15) is 10.4 Å². The van der Waals surface area contributed by atoms with Gasteiger partial charge in [0.15, 0.2) is 12.4 Å². The molecule has 0 radical (unpaired) electrons. The lowest BCUT2D eigenvalue weighted by Gasteiger charge is -2.08. The minimum Gasteiger partial charge on any atom is -0.490 e. The molecular formula is C17H16N2O6S. The minimum atomic E-state index is -0.844. The third kappa shape index (κ3) is 4.96. The third-order valence-electron chi connectivity index (χ3n) is 3.32. The van der Waals surface area contributed by atoms with E-state index in [4.69, 9.17) is 9.47 Å². The van der Waals surface area contributed by atoms with Gasteiger partial charge in [-0.25, -0.2) is 4.79 Å². The quantitative estimate of drug-likeness (QED) is 0.342. The molecule has 2 aromatic rings. The number of nitro groups is 1. The van der Waals surface area contributed by atoms with Crippen LogP contribution < -0.4 is 10.1 Å². The highest BCUT2D eigenvalue weighted by atomic mass is 32.2. The molecule has 0 aromatic heterocycles. The topological polar surface area (TPSA) is 108 Å². The first-order valence-corrected chi connectivity index (χ1v) is 8.60. The van der Waals surface area contributed by atoms with Crippen molar-refractivity contribution in [3.05, 3.63) is 58.1 Å². The highest BCUT2D eigenvalue weighted by molar-refractivity contribution is 7.98. The average molecular weight is 376 g/mol. The van der Waals surface area contributed by atoms with Crippen molar-refractivity contribution in [3.63, 3.8) is 0 Å². The Labute approximate surface area is 153 Å². The normalized spacial score (nSPS) is 10.1. The van der Waals surface area contributed by atoms with Gasteiger partial charge in [0.1, 0.15) is 0 Å². The van der Waals surface area contributed by atoms with Gasteiger partial charge in [-0.2, -0.15) is 0 Å². The number of thioether (sulfide) groups is 1. The van der Waals surface area contributed by atoms with Crippen LogP contribution in [0.2, 0.25) is 0 Å². The van der Waals surface area contributed by atoms with Gasteiger partial charge in [0.05, 0.1) is 17.6 Å². The lowest BCUT2D eigenvalue weighted by atomic mass is 10.2. The first-order valence-electron chi connectivity index (χ1n) is 7.38. The van der Waals surface area contributed by atoms with E-state index in [0.29, 0.717) is 5.69 Å². The Bertz CT molecular complexity index is 823. The van der Waals surface area contributed by atoms with Crippen LogP contribution in [0.4, 0.5) is 11.4 Å². The van der Waals surface area contributed by atoms with E-state index in [9.17, 15) is 19.7 Å². The van der Waals surface area contributed by atoms with Crippen LogP contribution in [0.3, 0.4) is 0 Å². The van der Waals surface area contributed by atoms with Gasteiger partial charge in [0.2, 0.25) is 0 Å². The molecule has 0 fully saturated rings. The molecule has 0 saturated carbocycles. The maximum Gasteiger partial charge on any atom is 0.338 e. The van der Waals surface area contributed by atoms with Crippen molar-refractivity contribution < 1.29 is 24.0 Å². The number of nitro benzene ring substituents is 1. The predicted molar refractivity (Wildman–Crippen MR) is 96.8 cm³/mol. The van der Waals surface area contributed by atoms with Crippen LogP contribution in [0.15, 0.2) is 47.4 Å². The van der Waals surface area contributed by atoms with Gasteiger partial charge >= 0.3 is 11.7 Å². The van der Waals surface area contributed by atoms with E-state index < -0.39 is 23.4 Å². The number of carbonyl (C=O) groups excluding carboxylic acids is 2. The maximum atomic E-state index is 12.0. The molecule has 0 heterocycles. The fourth-order valence-electron chi connectivity index (χ4n) is 2.05. The number of esters is 1. The largest absolute Gasteiger partial charge is 0.490 e. The molecule has 0 atom stereocenters. The number of hydrogen-bond acceptors (Lipinski definition) is 7. The molecule has 0 spiro atoms. The number of carbonyl (C=O) groups is 2. The third-order valence-corrected chi connectivity index (χ3v) is 4.06. The van der Waals surface area contributed by atoms with Crippen molar-refractivity contribution in [2.75, 3.05) is 25.3 Å². The first kappa shape index (κ1) is 19.3. The molecule has 9 heteroatoms. The standard InChI is InChI=1S/C17H16N2O6S/c1-24-15-8-3-11(9-14(15)19(22)23)17(21)25-10-16(20)18-12-4-6-13(26-2)7-5-12/h3-9H,10H2,1-2H3,(H,18,20). The molecule has 0 aliphatic carbocycles. The Hall–Kier alpha value is -3.07. The van der Waals surface area contributed by atoms with Gasteiger partial charge in [0.25, 0.3) is 5.91 Å². The van der Waals surface area contributed by atoms with Gasteiger partial charge in [-0.3, -0.25) is 14.9 Å². The lowest BCUT2D eigenvalue weighted by molar-refractivity contribution is -0.385. The van der Waals surface area contributed by atoms with Crippen LogP contribution in [0.5, 0.6) is 5.75 Å². The number of hydrogen-bond donors (Lipinski definition) is 1. The Morgan fingerprint density at radius 2 is 1.88 bits per heavy atom. The average Bonchev–Trinajstić information content (AvgIpc) is 2.66. The smallest absolute Gasteiger partial charge is 0.338 e. The van der Waals surface area contributed by atoms with E-state index in [1.54, 1.807) is 23.9 Å². The molecule has 1 N–H and O–H groups in total. The van der Waals surface area contributed by atoms with Gasteiger partial charge < -0.3 is 14.8 Å². The Kier molecular flexibility index (Phi) is 6.56. The van der Waals surface area contributed by atoms with Crippen LogP contribution in [-0.2, 0) is 9.53 Å². The van der Waals surface area contributed by atoms with Crippen LogP contribution >= 0.6 is 11.8 Å². The number of methoxy groups -OCH3 is 1. The van der Waals surface area contributed by atoms with Crippen molar-refractivity contribution >= 4 is 35.0 Å². The Morgan fingerprint density at radius 1 is 1.19 bits per heavy atom. The molecule has 2 rings (SSSR count). The van der Waals surface area contributed by atoms with Gasteiger partial charge in [-0.1, -0.05) is 0 Å². The molecule has 0 unspecified atom stereocenters.